The van der Waals surface area contributed by atoms with Gasteiger partial charge in [-0.15, -0.1) is 0 Å². The molecule has 1 amide bonds. The molecular formula is C17H26BrN3O4. The summed E-state index contributed by atoms with van der Waals surface area (Å²) >= 11 is 0. The summed E-state index contributed by atoms with van der Waals surface area (Å²) < 4.78 is 3.74. The molecule has 0 fully saturated rings. The van der Waals surface area contributed by atoms with E-state index < -0.39 is 6.09 Å². The van der Waals surface area contributed by atoms with Gasteiger partial charge in [-0.05, 0) is 12.1 Å². The fourth-order valence-corrected chi connectivity index (χ4v) is 1.33. The van der Waals surface area contributed by atoms with Gasteiger partial charge in [0, 0.05) is 40.1 Å². The lowest BCUT2D eigenvalue weighted by atomic mass is 10.3. The third-order valence-corrected chi connectivity index (χ3v) is 3.12. The van der Waals surface area contributed by atoms with Gasteiger partial charge in [0.15, 0.2) is 22.9 Å². The number of aromatic hydroxyl groups is 2. The number of pyridine rings is 2. The molecule has 25 heavy (non-hydrogen) atoms. The van der Waals surface area contributed by atoms with Crippen molar-refractivity contribution < 1.29 is 46.2 Å². The molecule has 0 aliphatic rings. The summed E-state index contributed by atoms with van der Waals surface area (Å²) in [6.45, 7) is 3.97. The Morgan fingerprint density at radius 3 is 1.36 bits per heavy atom. The average molecular weight is 416 g/mol. The predicted octanol–water partition coefficient (Wildman–Crippen LogP) is -3.05. The molecule has 2 N–H and O–H groups in total. The third kappa shape index (κ3) is 10.9. The first-order valence-corrected chi connectivity index (χ1v) is 7.23. The van der Waals surface area contributed by atoms with Crippen molar-refractivity contribution in [1.82, 2.24) is 4.90 Å². The molecule has 0 aliphatic carbocycles. The quantitative estimate of drug-likeness (QED) is 0.447. The number of carbonyl (C=O) groups is 1. The molecule has 0 spiro atoms. The first-order chi connectivity index (χ1) is 11.0. The van der Waals surface area contributed by atoms with E-state index in [1.165, 1.54) is 14.1 Å². The molecule has 0 aromatic carbocycles. The van der Waals surface area contributed by atoms with Crippen LogP contribution >= 0.6 is 0 Å². The number of halogens is 1. The number of amides is 1. The van der Waals surface area contributed by atoms with Gasteiger partial charge in [-0.3, -0.25) is 0 Å². The van der Waals surface area contributed by atoms with E-state index in [0.29, 0.717) is 11.5 Å². The van der Waals surface area contributed by atoms with Gasteiger partial charge >= 0.3 is 0 Å². The van der Waals surface area contributed by atoms with Gasteiger partial charge in [0.25, 0.3) is 0 Å². The number of aryl methyl sites for hydroxylation is 4. The SMILES string of the molecule is CN(C)C(=O)[O-].Cc1ccc(O)c[n+]1C.Cc1ccc(O)c[n+]1C.[Br-]. The molecule has 7 nitrogen and oxygen atoms in total. The topological polar surface area (TPSA) is 91.6 Å². The molecule has 2 aromatic heterocycles. The summed E-state index contributed by atoms with van der Waals surface area (Å²) in [6, 6.07) is 7.09. The van der Waals surface area contributed by atoms with Crippen LogP contribution in [-0.2, 0) is 14.1 Å². The Morgan fingerprint density at radius 2 is 1.20 bits per heavy atom. The maximum Gasteiger partial charge on any atom is 0.210 e. The van der Waals surface area contributed by atoms with E-state index in [-0.39, 0.29) is 17.0 Å². The smallest absolute Gasteiger partial charge is 0.210 e. The van der Waals surface area contributed by atoms with Crippen LogP contribution in [0.25, 0.3) is 0 Å². The normalized spacial score (nSPS) is 8.72. The lowest BCUT2D eigenvalue weighted by Gasteiger charge is -2.10. The standard InChI is InChI=1S/2C7H9NO.C3H7NO2.BrH/c2*1-6-3-4-7(9)5-8(6)2;1-4(2)3(5)6;/h2*3-5H,1-2H3;1-2H3,(H,5,6);1H. The summed E-state index contributed by atoms with van der Waals surface area (Å²) in [7, 11) is 6.62. The molecule has 0 aliphatic heterocycles. The highest BCUT2D eigenvalue weighted by Crippen LogP contribution is 2.02. The Balaban J connectivity index is 0. The van der Waals surface area contributed by atoms with Crippen LogP contribution in [0.1, 0.15) is 11.4 Å². The lowest BCUT2D eigenvalue weighted by molar-refractivity contribution is -0.678. The second kappa shape index (κ2) is 12.1. The number of carboxylic acid groups (broad SMARTS) is 1. The Kier molecular flexibility index (Phi) is 12.0. The van der Waals surface area contributed by atoms with Crippen LogP contribution in [0.5, 0.6) is 11.5 Å². The lowest BCUT2D eigenvalue weighted by Crippen LogP contribution is -3.00. The molecule has 140 valence electrons. The molecule has 8 heteroatoms. The van der Waals surface area contributed by atoms with Gasteiger partial charge in [0.1, 0.15) is 20.2 Å². The zero-order valence-electron chi connectivity index (χ0n) is 15.4. The second-order valence-electron chi connectivity index (χ2n) is 5.44. The van der Waals surface area contributed by atoms with Crippen LogP contribution in [0, 0.1) is 13.8 Å². The maximum absolute atomic E-state index is 9.51. The number of carbonyl (C=O) groups excluding carboxylic acids is 1. The molecule has 2 heterocycles. The molecule has 0 bridgehead atoms. The molecular weight excluding hydrogens is 390 g/mol. The van der Waals surface area contributed by atoms with Crippen molar-refractivity contribution in [3.05, 3.63) is 48.0 Å². The van der Waals surface area contributed by atoms with Crippen LogP contribution in [0.4, 0.5) is 4.79 Å². The summed E-state index contributed by atoms with van der Waals surface area (Å²) in [5.74, 6) is 0.617. The highest BCUT2D eigenvalue weighted by molar-refractivity contribution is 5.61. The molecule has 2 aromatic rings. The number of nitrogens with zero attached hydrogens (tertiary/aromatic N) is 3. The van der Waals surface area contributed by atoms with Gasteiger partial charge in [-0.2, -0.15) is 0 Å². The number of hydrogen-bond acceptors (Lipinski definition) is 4. The fraction of sp³-hybridized carbons (Fsp3) is 0.353. The maximum atomic E-state index is 9.51. The van der Waals surface area contributed by atoms with Gasteiger partial charge in [-0.25, -0.2) is 9.13 Å². The zero-order valence-corrected chi connectivity index (χ0v) is 17.0. The van der Waals surface area contributed by atoms with Crippen molar-refractivity contribution >= 4 is 6.09 Å². The predicted molar refractivity (Wildman–Crippen MR) is 87.1 cm³/mol. The Labute approximate surface area is 159 Å². The van der Waals surface area contributed by atoms with E-state index in [2.05, 4.69) is 0 Å². The fourth-order valence-electron chi connectivity index (χ4n) is 1.33. The summed E-state index contributed by atoms with van der Waals surface area (Å²) in [5, 5.41) is 27.3. The van der Waals surface area contributed by atoms with Crippen LogP contribution in [0.15, 0.2) is 36.7 Å². The third-order valence-electron chi connectivity index (χ3n) is 3.12. The minimum absolute atomic E-state index is 0. The minimum atomic E-state index is -1.16. The van der Waals surface area contributed by atoms with E-state index in [4.69, 9.17) is 10.2 Å². The highest BCUT2D eigenvalue weighted by Gasteiger charge is 1.99. The van der Waals surface area contributed by atoms with Gasteiger partial charge < -0.3 is 42.0 Å². The Hall–Kier alpha value is -2.35. The van der Waals surface area contributed by atoms with Crippen molar-refractivity contribution in [3.63, 3.8) is 0 Å². The van der Waals surface area contributed by atoms with Crippen molar-refractivity contribution in [1.29, 1.82) is 0 Å². The summed E-state index contributed by atoms with van der Waals surface area (Å²) in [6.07, 6.45) is 2.19. The summed E-state index contributed by atoms with van der Waals surface area (Å²) in [5.41, 5.74) is 2.26. The monoisotopic (exact) mass is 415 g/mol. The molecule has 0 radical (unpaired) electrons. The van der Waals surface area contributed by atoms with Crippen LogP contribution in [-0.4, -0.2) is 35.3 Å². The van der Waals surface area contributed by atoms with Gasteiger partial charge in [-0.1, -0.05) is 0 Å². The first-order valence-electron chi connectivity index (χ1n) is 7.23. The van der Waals surface area contributed by atoms with E-state index in [9.17, 15) is 9.90 Å². The van der Waals surface area contributed by atoms with Crippen molar-refractivity contribution in [2.24, 2.45) is 14.1 Å². The van der Waals surface area contributed by atoms with E-state index in [0.717, 1.165) is 16.3 Å². The van der Waals surface area contributed by atoms with Gasteiger partial charge in [0.05, 0.1) is 0 Å². The van der Waals surface area contributed by atoms with E-state index in [1.807, 2.05) is 49.2 Å². The van der Waals surface area contributed by atoms with Gasteiger partial charge in [0.2, 0.25) is 12.4 Å². The van der Waals surface area contributed by atoms with E-state index in [1.54, 1.807) is 24.5 Å². The Bertz CT molecular complexity index is 629. The second-order valence-corrected chi connectivity index (χ2v) is 5.44. The molecule has 0 saturated carbocycles. The molecule has 2 rings (SSSR count). The van der Waals surface area contributed by atoms with Crippen LogP contribution in [0.3, 0.4) is 0 Å². The zero-order chi connectivity index (χ0) is 18.9. The molecule has 0 saturated heterocycles. The largest absolute Gasteiger partial charge is 1.00 e. The molecule has 0 unspecified atom stereocenters. The highest BCUT2D eigenvalue weighted by atomic mass is 79.9. The number of rotatable bonds is 0. The average Bonchev–Trinajstić information content (AvgIpc) is 2.49. The number of aromatic nitrogens is 2. The molecule has 0 atom stereocenters. The number of hydrogen-bond donors (Lipinski definition) is 2. The van der Waals surface area contributed by atoms with E-state index >= 15 is 0 Å². The van der Waals surface area contributed by atoms with Crippen LogP contribution in [0.2, 0.25) is 0 Å². The van der Waals surface area contributed by atoms with Crippen molar-refractivity contribution in [3.8, 4) is 11.5 Å². The van der Waals surface area contributed by atoms with Crippen molar-refractivity contribution in [2.45, 2.75) is 13.8 Å². The Morgan fingerprint density at radius 1 is 0.920 bits per heavy atom. The van der Waals surface area contributed by atoms with Crippen molar-refractivity contribution in [2.75, 3.05) is 14.1 Å². The minimum Gasteiger partial charge on any atom is -1.00 e. The first kappa shape index (κ1) is 24.9. The summed E-state index contributed by atoms with van der Waals surface area (Å²) in [4.78, 5) is 10.5. The van der Waals surface area contributed by atoms with Crippen LogP contribution < -0.4 is 31.2 Å².